The van der Waals surface area contributed by atoms with Crippen LogP contribution in [0, 0.1) is 18.3 Å². The van der Waals surface area contributed by atoms with Crippen LogP contribution in [0.1, 0.15) is 11.1 Å². The number of imidazole rings is 1. The summed E-state index contributed by atoms with van der Waals surface area (Å²) in [7, 11) is 0. The van der Waals surface area contributed by atoms with E-state index in [1.54, 1.807) is 12.1 Å². The molecule has 2 aromatic carbocycles. The van der Waals surface area contributed by atoms with Gasteiger partial charge in [0.1, 0.15) is 11.8 Å². The molecule has 0 spiro atoms. The minimum absolute atomic E-state index is 0.0238. The fourth-order valence-electron chi connectivity index (χ4n) is 3.25. The van der Waals surface area contributed by atoms with Crippen molar-refractivity contribution in [3.63, 3.8) is 0 Å². The van der Waals surface area contributed by atoms with Gasteiger partial charge in [0.25, 0.3) is 0 Å². The number of fused-ring (bicyclic) bond motifs is 3. The number of hydrogen-bond donors (Lipinski definition) is 1. The average molecular weight is 438 g/mol. The third-order valence-electron chi connectivity index (χ3n) is 4.58. The maximum Gasteiger partial charge on any atom is 0.387 e. The zero-order chi connectivity index (χ0) is 22.0. The topological polar surface area (TPSA) is 79.4 Å². The predicted molar refractivity (Wildman–Crippen MR) is 115 cm³/mol. The predicted octanol–water partition coefficient (Wildman–Crippen LogP) is 5.00. The van der Waals surface area contributed by atoms with Gasteiger partial charge in [-0.2, -0.15) is 14.0 Å². The number of pyridine rings is 1. The monoisotopic (exact) mass is 438 g/mol. The molecule has 0 bridgehead atoms. The molecule has 4 rings (SSSR count). The second-order valence-electron chi connectivity index (χ2n) is 6.62. The first-order valence-electron chi connectivity index (χ1n) is 9.25. The number of carbonyl (C=O) groups excluding carboxylic acids is 1. The molecular formula is C22H16F2N4O2S. The number of nitrogens with one attached hydrogen (secondary N) is 1. The van der Waals surface area contributed by atoms with Crippen molar-refractivity contribution in [2.24, 2.45) is 0 Å². The molecule has 9 heteroatoms. The van der Waals surface area contributed by atoms with Crippen LogP contribution in [0.3, 0.4) is 0 Å². The summed E-state index contributed by atoms with van der Waals surface area (Å²) in [6.45, 7) is -1.17. The van der Waals surface area contributed by atoms with E-state index in [0.29, 0.717) is 11.2 Å². The summed E-state index contributed by atoms with van der Waals surface area (Å²) in [5.74, 6) is -0.460. The van der Waals surface area contributed by atoms with Gasteiger partial charge < -0.3 is 10.1 Å². The van der Waals surface area contributed by atoms with Crippen molar-refractivity contribution in [3.05, 3.63) is 65.7 Å². The van der Waals surface area contributed by atoms with Gasteiger partial charge in [-0.1, -0.05) is 36.0 Å². The van der Waals surface area contributed by atoms with Crippen LogP contribution in [-0.4, -0.2) is 27.7 Å². The summed E-state index contributed by atoms with van der Waals surface area (Å²) in [5, 5.41) is 12.9. The van der Waals surface area contributed by atoms with Crippen LogP contribution < -0.4 is 10.1 Å². The Kier molecular flexibility index (Phi) is 5.73. The molecule has 1 N–H and O–H groups in total. The fourth-order valence-corrected chi connectivity index (χ4v) is 4.18. The van der Waals surface area contributed by atoms with Crippen molar-refractivity contribution >= 4 is 40.0 Å². The van der Waals surface area contributed by atoms with E-state index in [2.05, 4.69) is 21.1 Å². The Labute approximate surface area is 180 Å². The van der Waals surface area contributed by atoms with Gasteiger partial charge in [0.05, 0.1) is 33.1 Å². The van der Waals surface area contributed by atoms with Crippen molar-refractivity contribution in [2.75, 3.05) is 11.1 Å². The Balaban J connectivity index is 1.62. The number of alkyl halides is 2. The van der Waals surface area contributed by atoms with Crippen LogP contribution in [-0.2, 0) is 4.79 Å². The van der Waals surface area contributed by atoms with E-state index in [4.69, 9.17) is 0 Å². The van der Waals surface area contributed by atoms with Crippen molar-refractivity contribution in [1.29, 1.82) is 5.26 Å². The van der Waals surface area contributed by atoms with Gasteiger partial charge in [0, 0.05) is 0 Å². The summed E-state index contributed by atoms with van der Waals surface area (Å²) in [6.07, 6.45) is 0. The lowest BCUT2D eigenvalue weighted by atomic mass is 10.2. The molecule has 1 amide bonds. The molecule has 6 nitrogen and oxygen atoms in total. The van der Waals surface area contributed by atoms with E-state index in [1.807, 2.05) is 41.7 Å². The third kappa shape index (κ3) is 4.15. The molecule has 2 heterocycles. The van der Waals surface area contributed by atoms with E-state index in [0.717, 1.165) is 21.6 Å². The third-order valence-corrected chi connectivity index (χ3v) is 5.58. The van der Waals surface area contributed by atoms with Gasteiger partial charge in [-0.3, -0.25) is 9.20 Å². The van der Waals surface area contributed by atoms with Crippen LogP contribution in [0.25, 0.3) is 16.7 Å². The summed E-state index contributed by atoms with van der Waals surface area (Å²) < 4.78 is 31.5. The SMILES string of the molecule is Cc1cc(SCC(=O)Nc2ccccc2OC(F)F)n2c(nc3ccccc32)c1C#N. The zero-order valence-electron chi connectivity index (χ0n) is 16.3. The van der Waals surface area contributed by atoms with Crippen molar-refractivity contribution in [1.82, 2.24) is 9.38 Å². The lowest BCUT2D eigenvalue weighted by molar-refractivity contribution is -0.113. The van der Waals surface area contributed by atoms with Crippen molar-refractivity contribution < 1.29 is 18.3 Å². The zero-order valence-corrected chi connectivity index (χ0v) is 17.1. The van der Waals surface area contributed by atoms with Gasteiger partial charge >= 0.3 is 6.61 Å². The molecule has 0 aliphatic carbocycles. The van der Waals surface area contributed by atoms with E-state index in [-0.39, 0.29) is 23.1 Å². The summed E-state index contributed by atoms with van der Waals surface area (Å²) >= 11 is 1.26. The molecule has 0 aliphatic heterocycles. The van der Waals surface area contributed by atoms with E-state index in [9.17, 15) is 18.8 Å². The van der Waals surface area contributed by atoms with Crippen LogP contribution in [0.4, 0.5) is 14.5 Å². The highest BCUT2D eigenvalue weighted by molar-refractivity contribution is 7.99. The smallest absolute Gasteiger partial charge is 0.387 e. The van der Waals surface area contributed by atoms with Gasteiger partial charge in [0.15, 0.2) is 5.65 Å². The molecule has 2 aromatic heterocycles. The normalized spacial score (nSPS) is 11.1. The van der Waals surface area contributed by atoms with Crippen LogP contribution in [0.5, 0.6) is 5.75 Å². The van der Waals surface area contributed by atoms with Crippen molar-refractivity contribution in [3.8, 4) is 11.8 Å². The number of nitrogens with zero attached hydrogens (tertiary/aromatic N) is 3. The van der Waals surface area contributed by atoms with Gasteiger partial charge in [-0.15, -0.1) is 0 Å². The van der Waals surface area contributed by atoms with Crippen LogP contribution in [0.15, 0.2) is 59.6 Å². The number of para-hydroxylation sites is 4. The van der Waals surface area contributed by atoms with E-state index in [1.165, 1.54) is 23.9 Å². The van der Waals surface area contributed by atoms with E-state index >= 15 is 0 Å². The number of anilines is 1. The molecule has 31 heavy (non-hydrogen) atoms. The van der Waals surface area contributed by atoms with Gasteiger partial charge in [-0.25, -0.2) is 4.98 Å². The number of amides is 1. The summed E-state index contributed by atoms with van der Waals surface area (Å²) in [5.41, 5.74) is 3.50. The standard InChI is InChI=1S/C22H16F2N4O2S/c1-13-10-20(28-17-8-4-2-6-15(17)27-21(28)14(13)11-25)31-12-19(29)26-16-7-3-5-9-18(16)30-22(23)24/h2-10,22H,12H2,1H3,(H,26,29). The fraction of sp³-hybridized carbons (Fsp3) is 0.136. The quantitative estimate of drug-likeness (QED) is 0.429. The number of benzene rings is 2. The maximum absolute atomic E-state index is 12.6. The molecule has 0 saturated carbocycles. The number of aromatic nitrogens is 2. The first kappa shape index (κ1) is 20.6. The molecule has 4 aromatic rings. The number of aryl methyl sites for hydroxylation is 1. The number of thioether (sulfide) groups is 1. The summed E-state index contributed by atoms with van der Waals surface area (Å²) in [6, 6.07) is 17.6. The Morgan fingerprint density at radius 1 is 1.26 bits per heavy atom. The minimum Gasteiger partial charge on any atom is -0.433 e. The molecule has 156 valence electrons. The van der Waals surface area contributed by atoms with Gasteiger partial charge in [-0.05, 0) is 42.8 Å². The van der Waals surface area contributed by atoms with E-state index < -0.39 is 6.61 Å². The maximum atomic E-state index is 12.6. The molecular weight excluding hydrogens is 422 g/mol. The first-order valence-corrected chi connectivity index (χ1v) is 10.2. The number of rotatable bonds is 6. The highest BCUT2D eigenvalue weighted by atomic mass is 32.2. The Bertz CT molecular complexity index is 1330. The minimum atomic E-state index is -2.99. The van der Waals surface area contributed by atoms with Crippen LogP contribution in [0.2, 0.25) is 0 Å². The Hall–Kier alpha value is -3.64. The lowest BCUT2D eigenvalue weighted by Gasteiger charge is -2.12. The summed E-state index contributed by atoms with van der Waals surface area (Å²) in [4.78, 5) is 17.1. The Morgan fingerprint density at radius 3 is 2.77 bits per heavy atom. The number of ether oxygens (including phenoxy) is 1. The molecule has 0 fully saturated rings. The molecule has 0 saturated heterocycles. The number of carbonyl (C=O) groups is 1. The molecule has 0 radical (unpaired) electrons. The Morgan fingerprint density at radius 2 is 2.00 bits per heavy atom. The molecule has 0 aliphatic rings. The lowest BCUT2D eigenvalue weighted by Crippen LogP contribution is -2.16. The molecule has 0 unspecified atom stereocenters. The highest BCUT2D eigenvalue weighted by Gasteiger charge is 2.17. The number of halogens is 2. The first-order chi connectivity index (χ1) is 15.0. The second-order valence-corrected chi connectivity index (χ2v) is 7.62. The highest BCUT2D eigenvalue weighted by Crippen LogP contribution is 2.30. The number of hydrogen-bond acceptors (Lipinski definition) is 5. The van der Waals surface area contributed by atoms with Gasteiger partial charge in [0.2, 0.25) is 5.91 Å². The number of nitriles is 1. The second kappa shape index (κ2) is 8.62. The molecule has 0 atom stereocenters. The van der Waals surface area contributed by atoms with Crippen LogP contribution >= 0.6 is 11.8 Å². The average Bonchev–Trinajstić information content (AvgIpc) is 3.12. The van der Waals surface area contributed by atoms with Crippen molar-refractivity contribution in [2.45, 2.75) is 18.6 Å². The largest absolute Gasteiger partial charge is 0.433 e.